The van der Waals surface area contributed by atoms with Crippen molar-refractivity contribution in [3.8, 4) is 0 Å². The van der Waals surface area contributed by atoms with Gasteiger partial charge in [-0.2, -0.15) is 30.2 Å². The Morgan fingerprint density at radius 3 is 1.92 bits per heavy atom. The first kappa shape index (κ1) is 23.0. The molecule has 0 saturated carbocycles. The number of nitrogens with one attached hydrogen (secondary N) is 2. The summed E-state index contributed by atoms with van der Waals surface area (Å²) in [5.41, 5.74) is 0.919. The molecule has 0 radical (unpaired) electrons. The van der Waals surface area contributed by atoms with Crippen LogP contribution in [-0.4, -0.2) is 65.2 Å². The van der Waals surface area contributed by atoms with Crippen LogP contribution in [0, 0.1) is 0 Å². The van der Waals surface area contributed by atoms with Gasteiger partial charge in [-0.3, -0.25) is 0 Å². The van der Waals surface area contributed by atoms with Crippen molar-refractivity contribution in [3.05, 3.63) is 35.9 Å². The zero-order valence-corrected chi connectivity index (χ0v) is 17.6. The van der Waals surface area contributed by atoms with E-state index in [0.29, 0.717) is 13.1 Å². The first-order chi connectivity index (χ1) is 12.0. The van der Waals surface area contributed by atoms with Crippen LogP contribution in [0.3, 0.4) is 0 Å². The first-order valence-electron chi connectivity index (χ1n) is 8.54. The summed E-state index contributed by atoms with van der Waals surface area (Å²) in [6.07, 6.45) is 0. The molecule has 1 aromatic rings. The molecule has 2 N–H and O–H groups in total. The monoisotopic (exact) mass is 406 g/mol. The number of rotatable bonds is 11. The van der Waals surface area contributed by atoms with Crippen LogP contribution in [0.15, 0.2) is 30.3 Å². The summed E-state index contributed by atoms with van der Waals surface area (Å²) >= 11 is 0. The maximum atomic E-state index is 12.4. The third-order valence-electron chi connectivity index (χ3n) is 4.43. The van der Waals surface area contributed by atoms with E-state index in [-0.39, 0.29) is 12.5 Å². The van der Waals surface area contributed by atoms with Crippen LogP contribution in [0.1, 0.15) is 32.3 Å². The van der Waals surface area contributed by atoms with Gasteiger partial charge >= 0.3 is 0 Å². The highest BCUT2D eigenvalue weighted by molar-refractivity contribution is 7.87. The van der Waals surface area contributed by atoms with Gasteiger partial charge in [-0.15, -0.1) is 0 Å². The molecular weight excluding hydrogens is 376 g/mol. The van der Waals surface area contributed by atoms with Crippen molar-refractivity contribution in [1.29, 1.82) is 0 Å². The molecule has 1 rings (SSSR count). The predicted octanol–water partition coefficient (Wildman–Crippen LogP) is 0.731. The smallest absolute Gasteiger partial charge is 0.201 e. The molecule has 0 spiro atoms. The summed E-state index contributed by atoms with van der Waals surface area (Å²) in [4.78, 5) is 0. The second kappa shape index (κ2) is 9.77. The predicted molar refractivity (Wildman–Crippen MR) is 104 cm³/mol. The fraction of sp³-hybridized carbons (Fsp3) is 0.625. The van der Waals surface area contributed by atoms with Crippen molar-refractivity contribution in [2.45, 2.75) is 32.7 Å². The Balaban J connectivity index is 3.06. The molecule has 2 unspecified atom stereocenters. The molecule has 0 heterocycles. The SMILES string of the molecule is CCN(C)S(=O)(=O)NCC(NS(=O)(=O)N(C)CC)C(C)c1ccccc1. The Hall–Kier alpha value is -1.04. The van der Waals surface area contributed by atoms with E-state index in [1.807, 2.05) is 37.3 Å². The number of nitrogens with zero attached hydrogens (tertiary/aromatic N) is 2. The number of benzene rings is 1. The van der Waals surface area contributed by atoms with Crippen molar-refractivity contribution in [1.82, 2.24) is 18.1 Å². The van der Waals surface area contributed by atoms with Gasteiger partial charge in [0.15, 0.2) is 0 Å². The zero-order valence-electron chi connectivity index (χ0n) is 16.0. The minimum Gasteiger partial charge on any atom is -0.201 e. The summed E-state index contributed by atoms with van der Waals surface area (Å²) in [7, 11) is -4.45. The van der Waals surface area contributed by atoms with E-state index in [1.54, 1.807) is 13.8 Å². The minimum atomic E-state index is -3.72. The third kappa shape index (κ3) is 6.29. The van der Waals surface area contributed by atoms with Crippen molar-refractivity contribution in [2.75, 3.05) is 33.7 Å². The highest BCUT2D eigenvalue weighted by Crippen LogP contribution is 2.20. The standard InChI is InChI=1S/C16H30N4O4S2/c1-6-19(4)25(21,22)17-13-16(18-26(23,24)20(5)7-2)14(3)15-11-9-8-10-12-15/h8-12,14,16-18H,6-7,13H2,1-5H3. The van der Waals surface area contributed by atoms with E-state index in [9.17, 15) is 16.8 Å². The van der Waals surface area contributed by atoms with Gasteiger partial charge in [-0.1, -0.05) is 51.1 Å². The molecule has 10 heteroatoms. The normalized spacial score (nSPS) is 15.3. The highest BCUT2D eigenvalue weighted by atomic mass is 32.2. The van der Waals surface area contributed by atoms with Gasteiger partial charge in [-0.05, 0) is 11.5 Å². The fourth-order valence-corrected chi connectivity index (χ4v) is 4.38. The summed E-state index contributed by atoms with van der Waals surface area (Å²) in [6.45, 7) is 5.90. The molecule has 0 bridgehead atoms. The second-order valence-electron chi connectivity index (χ2n) is 6.11. The van der Waals surface area contributed by atoms with Crippen LogP contribution >= 0.6 is 0 Å². The van der Waals surface area contributed by atoms with E-state index in [2.05, 4.69) is 9.44 Å². The fourth-order valence-electron chi connectivity index (χ4n) is 2.24. The lowest BCUT2D eigenvalue weighted by Crippen LogP contribution is -2.51. The van der Waals surface area contributed by atoms with Crippen molar-refractivity contribution >= 4 is 20.4 Å². The topological polar surface area (TPSA) is 98.8 Å². The van der Waals surface area contributed by atoms with Crippen LogP contribution in [0.25, 0.3) is 0 Å². The Bertz CT molecular complexity index is 754. The molecule has 1 aromatic carbocycles. The minimum absolute atomic E-state index is 0.0560. The molecule has 0 saturated heterocycles. The second-order valence-corrected chi connectivity index (χ2v) is 9.78. The van der Waals surface area contributed by atoms with E-state index < -0.39 is 26.5 Å². The lowest BCUT2D eigenvalue weighted by molar-refractivity contribution is 0.430. The van der Waals surface area contributed by atoms with Crippen molar-refractivity contribution in [2.24, 2.45) is 0 Å². The molecule has 0 fully saturated rings. The average molecular weight is 407 g/mol. The Morgan fingerprint density at radius 1 is 0.923 bits per heavy atom. The molecule has 2 atom stereocenters. The maximum absolute atomic E-state index is 12.4. The first-order valence-corrected chi connectivity index (χ1v) is 11.4. The van der Waals surface area contributed by atoms with Gasteiger partial charge in [0, 0.05) is 39.8 Å². The quantitative estimate of drug-likeness (QED) is 0.566. The van der Waals surface area contributed by atoms with Gasteiger partial charge in [0.25, 0.3) is 20.4 Å². The average Bonchev–Trinajstić information content (AvgIpc) is 2.63. The summed E-state index contributed by atoms with van der Waals surface area (Å²) in [5.74, 6) is -0.231. The molecule has 0 aromatic heterocycles. The van der Waals surface area contributed by atoms with Crippen LogP contribution in [0.2, 0.25) is 0 Å². The van der Waals surface area contributed by atoms with Gasteiger partial charge in [-0.25, -0.2) is 4.72 Å². The summed E-state index contributed by atoms with van der Waals surface area (Å²) in [5, 5.41) is 0. The Labute approximate surface area is 157 Å². The molecule has 8 nitrogen and oxygen atoms in total. The largest absolute Gasteiger partial charge is 0.279 e. The molecule has 150 valence electrons. The summed E-state index contributed by atoms with van der Waals surface area (Å²) in [6, 6.07) is 8.75. The molecule has 0 aliphatic rings. The van der Waals surface area contributed by atoms with Crippen LogP contribution in [0.4, 0.5) is 0 Å². The summed E-state index contributed by atoms with van der Waals surface area (Å²) < 4.78 is 56.8. The molecule has 26 heavy (non-hydrogen) atoms. The van der Waals surface area contributed by atoms with E-state index in [0.717, 1.165) is 5.56 Å². The van der Waals surface area contributed by atoms with Crippen molar-refractivity contribution < 1.29 is 16.8 Å². The van der Waals surface area contributed by atoms with E-state index in [1.165, 1.54) is 22.7 Å². The third-order valence-corrected chi connectivity index (χ3v) is 7.72. The Kier molecular flexibility index (Phi) is 8.64. The van der Waals surface area contributed by atoms with Gasteiger partial charge in [0.1, 0.15) is 0 Å². The molecule has 0 aliphatic heterocycles. The molecular formula is C16H30N4O4S2. The Morgan fingerprint density at radius 2 is 1.42 bits per heavy atom. The van der Waals surface area contributed by atoms with Crippen molar-refractivity contribution in [3.63, 3.8) is 0 Å². The van der Waals surface area contributed by atoms with E-state index in [4.69, 9.17) is 0 Å². The van der Waals surface area contributed by atoms with Crippen LogP contribution < -0.4 is 9.44 Å². The highest BCUT2D eigenvalue weighted by Gasteiger charge is 2.28. The van der Waals surface area contributed by atoms with Gasteiger partial charge in [0.05, 0.1) is 0 Å². The van der Waals surface area contributed by atoms with Crippen LogP contribution in [-0.2, 0) is 20.4 Å². The molecule has 0 amide bonds. The zero-order chi connectivity index (χ0) is 20.0. The number of hydrogen-bond donors (Lipinski definition) is 2. The van der Waals surface area contributed by atoms with E-state index >= 15 is 0 Å². The maximum Gasteiger partial charge on any atom is 0.279 e. The van der Waals surface area contributed by atoms with Gasteiger partial charge < -0.3 is 0 Å². The van der Waals surface area contributed by atoms with Crippen LogP contribution in [0.5, 0.6) is 0 Å². The lowest BCUT2D eigenvalue weighted by Gasteiger charge is -2.28. The molecule has 0 aliphatic carbocycles. The van der Waals surface area contributed by atoms with Gasteiger partial charge in [0.2, 0.25) is 0 Å². The lowest BCUT2D eigenvalue weighted by atomic mass is 9.94. The number of hydrogen-bond acceptors (Lipinski definition) is 4.